The Hall–Kier alpha value is -3.20. The number of rotatable bonds is 7. The van der Waals surface area contributed by atoms with E-state index in [9.17, 15) is 24.0 Å². The molecule has 150 valence electrons. The second-order valence-corrected chi connectivity index (χ2v) is 7.81. The van der Waals surface area contributed by atoms with Crippen LogP contribution in [0.4, 0.5) is 5.69 Å². The zero-order valence-corrected chi connectivity index (χ0v) is 16.2. The molecule has 3 rings (SSSR count). The van der Waals surface area contributed by atoms with Crippen molar-refractivity contribution in [2.24, 2.45) is 5.73 Å². The lowest BCUT2D eigenvalue weighted by Gasteiger charge is -2.13. The molecule has 1 aliphatic heterocycles. The molecule has 2 aliphatic rings. The standard InChI is InChI=1S/C20H19N3O5S/c21-18(26)12-5-7-14(8-6-12)22-16(24)9-10-29-15-11-17(25)23(20(15)28)19(27)13-3-1-2-4-13/h1-3,5-8,15H,4,9-11H2,(H2,21,26)(H,22,24). The molecule has 0 saturated carbocycles. The Morgan fingerprint density at radius 3 is 2.52 bits per heavy atom. The van der Waals surface area contributed by atoms with Gasteiger partial charge in [-0.2, -0.15) is 0 Å². The van der Waals surface area contributed by atoms with Gasteiger partial charge in [0.1, 0.15) is 0 Å². The third-order valence-electron chi connectivity index (χ3n) is 4.46. The number of nitrogens with one attached hydrogen (secondary N) is 1. The van der Waals surface area contributed by atoms with Crippen LogP contribution in [-0.2, 0) is 19.2 Å². The summed E-state index contributed by atoms with van der Waals surface area (Å²) >= 11 is 1.18. The first-order valence-electron chi connectivity index (χ1n) is 8.95. The molecule has 1 saturated heterocycles. The average Bonchev–Trinajstić information content (AvgIpc) is 3.30. The van der Waals surface area contributed by atoms with Crippen molar-refractivity contribution in [3.63, 3.8) is 0 Å². The SMILES string of the molecule is NC(=O)c1ccc(NC(=O)CCSC2CC(=O)N(C(=O)C3=CC=CC3)C2=O)cc1. The van der Waals surface area contributed by atoms with E-state index in [1.54, 1.807) is 30.4 Å². The molecule has 1 aromatic carbocycles. The zero-order chi connectivity index (χ0) is 21.0. The summed E-state index contributed by atoms with van der Waals surface area (Å²) in [6, 6.07) is 6.16. The first-order chi connectivity index (χ1) is 13.9. The predicted octanol–water partition coefficient (Wildman–Crippen LogP) is 1.39. The molecule has 9 heteroatoms. The predicted molar refractivity (Wildman–Crippen MR) is 108 cm³/mol. The van der Waals surface area contributed by atoms with Crippen LogP contribution in [0.15, 0.2) is 48.1 Å². The van der Waals surface area contributed by atoms with E-state index in [4.69, 9.17) is 5.73 Å². The van der Waals surface area contributed by atoms with Gasteiger partial charge in [0.25, 0.3) is 5.91 Å². The molecule has 1 fully saturated rings. The Bertz CT molecular complexity index is 936. The number of allylic oxidation sites excluding steroid dienone is 3. The van der Waals surface area contributed by atoms with E-state index in [-0.39, 0.29) is 18.7 Å². The van der Waals surface area contributed by atoms with Gasteiger partial charge in [-0.3, -0.25) is 24.0 Å². The molecule has 1 unspecified atom stereocenters. The number of nitrogens with two attached hydrogens (primary N) is 1. The second kappa shape index (κ2) is 8.87. The van der Waals surface area contributed by atoms with Gasteiger partial charge < -0.3 is 11.1 Å². The molecule has 1 aromatic rings. The van der Waals surface area contributed by atoms with Gasteiger partial charge in [0.05, 0.1) is 5.25 Å². The molecule has 0 spiro atoms. The maximum Gasteiger partial charge on any atom is 0.263 e. The van der Waals surface area contributed by atoms with Crippen LogP contribution in [0.1, 0.15) is 29.6 Å². The van der Waals surface area contributed by atoms with Crippen LogP contribution in [0.3, 0.4) is 0 Å². The first-order valence-corrected chi connectivity index (χ1v) is 10.00. The molecule has 3 N–H and O–H groups in total. The van der Waals surface area contributed by atoms with Crippen LogP contribution >= 0.6 is 11.8 Å². The lowest BCUT2D eigenvalue weighted by molar-refractivity contribution is -0.147. The quantitative estimate of drug-likeness (QED) is 0.651. The van der Waals surface area contributed by atoms with Crippen molar-refractivity contribution in [1.82, 2.24) is 4.90 Å². The topological polar surface area (TPSA) is 127 Å². The normalized spacial score (nSPS) is 18.1. The van der Waals surface area contributed by atoms with Gasteiger partial charge in [-0.25, -0.2) is 4.90 Å². The number of nitrogens with zero attached hydrogens (tertiary/aromatic N) is 1. The van der Waals surface area contributed by atoms with Crippen molar-refractivity contribution in [2.45, 2.75) is 24.5 Å². The highest BCUT2D eigenvalue weighted by molar-refractivity contribution is 8.00. The fourth-order valence-electron chi connectivity index (χ4n) is 2.93. The summed E-state index contributed by atoms with van der Waals surface area (Å²) in [6.45, 7) is 0. The molecule has 1 heterocycles. The van der Waals surface area contributed by atoms with Gasteiger partial charge in [0, 0.05) is 35.4 Å². The van der Waals surface area contributed by atoms with Crippen molar-refractivity contribution >= 4 is 47.0 Å². The van der Waals surface area contributed by atoms with E-state index in [1.807, 2.05) is 0 Å². The Labute approximate surface area is 171 Å². The van der Waals surface area contributed by atoms with Crippen molar-refractivity contribution in [3.8, 4) is 0 Å². The van der Waals surface area contributed by atoms with Crippen molar-refractivity contribution in [1.29, 1.82) is 0 Å². The third kappa shape index (κ3) is 4.80. The summed E-state index contributed by atoms with van der Waals surface area (Å²) in [6.07, 6.45) is 5.59. The van der Waals surface area contributed by atoms with Crippen LogP contribution < -0.4 is 11.1 Å². The minimum absolute atomic E-state index is 0.0495. The molecule has 0 bridgehead atoms. The van der Waals surface area contributed by atoms with E-state index in [2.05, 4.69) is 5.32 Å². The van der Waals surface area contributed by atoms with E-state index < -0.39 is 28.9 Å². The number of benzene rings is 1. The van der Waals surface area contributed by atoms with Gasteiger partial charge in [0.15, 0.2) is 0 Å². The largest absolute Gasteiger partial charge is 0.366 e. The number of thioether (sulfide) groups is 1. The summed E-state index contributed by atoms with van der Waals surface area (Å²) in [5.41, 5.74) is 6.44. The van der Waals surface area contributed by atoms with Crippen molar-refractivity contribution in [3.05, 3.63) is 53.6 Å². The number of carbonyl (C=O) groups is 5. The van der Waals surface area contributed by atoms with Gasteiger partial charge in [-0.1, -0.05) is 18.2 Å². The Morgan fingerprint density at radius 2 is 1.90 bits per heavy atom. The van der Waals surface area contributed by atoms with Gasteiger partial charge >= 0.3 is 0 Å². The number of likely N-dealkylation sites (tertiary alicyclic amines) is 1. The van der Waals surface area contributed by atoms with E-state index >= 15 is 0 Å². The summed E-state index contributed by atoms with van der Waals surface area (Å²) < 4.78 is 0. The Kier molecular flexibility index (Phi) is 6.28. The van der Waals surface area contributed by atoms with Gasteiger partial charge in [0.2, 0.25) is 23.6 Å². The van der Waals surface area contributed by atoms with E-state index in [0.29, 0.717) is 29.0 Å². The zero-order valence-electron chi connectivity index (χ0n) is 15.4. The van der Waals surface area contributed by atoms with Crippen molar-refractivity contribution in [2.75, 3.05) is 11.1 Å². The molecule has 29 heavy (non-hydrogen) atoms. The smallest absolute Gasteiger partial charge is 0.263 e. The Morgan fingerprint density at radius 1 is 1.17 bits per heavy atom. The molecular formula is C20H19N3O5S. The van der Waals surface area contributed by atoms with Crippen LogP contribution in [0.25, 0.3) is 0 Å². The van der Waals surface area contributed by atoms with Gasteiger partial charge in [-0.05, 0) is 30.7 Å². The number of primary amides is 1. The van der Waals surface area contributed by atoms with Crippen LogP contribution in [-0.4, -0.2) is 45.4 Å². The molecule has 5 amide bonds. The monoisotopic (exact) mass is 413 g/mol. The average molecular weight is 413 g/mol. The summed E-state index contributed by atoms with van der Waals surface area (Å²) in [5.74, 6) is -2.10. The highest BCUT2D eigenvalue weighted by Gasteiger charge is 2.43. The number of hydrogen-bond donors (Lipinski definition) is 2. The Balaban J connectivity index is 1.47. The van der Waals surface area contributed by atoms with E-state index in [1.165, 1.54) is 23.9 Å². The number of amides is 5. The van der Waals surface area contributed by atoms with Crippen LogP contribution in [0, 0.1) is 0 Å². The van der Waals surface area contributed by atoms with Crippen LogP contribution in [0.5, 0.6) is 0 Å². The third-order valence-corrected chi connectivity index (χ3v) is 5.67. The minimum atomic E-state index is -0.663. The summed E-state index contributed by atoms with van der Waals surface area (Å²) in [4.78, 5) is 60.7. The number of anilines is 1. The molecule has 0 aromatic heterocycles. The lowest BCUT2D eigenvalue weighted by atomic mass is 10.2. The number of imide groups is 3. The number of carbonyl (C=O) groups excluding carboxylic acids is 5. The highest BCUT2D eigenvalue weighted by atomic mass is 32.2. The second-order valence-electron chi connectivity index (χ2n) is 6.50. The molecule has 1 aliphatic carbocycles. The maximum absolute atomic E-state index is 12.4. The maximum atomic E-state index is 12.4. The summed E-state index contributed by atoms with van der Waals surface area (Å²) in [7, 11) is 0. The van der Waals surface area contributed by atoms with Gasteiger partial charge in [-0.15, -0.1) is 11.8 Å². The van der Waals surface area contributed by atoms with Crippen molar-refractivity contribution < 1.29 is 24.0 Å². The van der Waals surface area contributed by atoms with E-state index in [0.717, 1.165) is 4.90 Å². The first kappa shape index (κ1) is 20.5. The van der Waals surface area contributed by atoms with Crippen LogP contribution in [0.2, 0.25) is 0 Å². The molecule has 0 radical (unpaired) electrons. The molecular weight excluding hydrogens is 394 g/mol. The molecule has 1 atom stereocenters. The minimum Gasteiger partial charge on any atom is -0.366 e. The highest BCUT2D eigenvalue weighted by Crippen LogP contribution is 2.28. The fourth-order valence-corrected chi connectivity index (χ4v) is 4.03. The number of hydrogen-bond acceptors (Lipinski definition) is 6. The fraction of sp³-hybridized carbons (Fsp3) is 0.250. The molecule has 8 nitrogen and oxygen atoms in total. The lowest BCUT2D eigenvalue weighted by Crippen LogP contribution is -2.38. The summed E-state index contributed by atoms with van der Waals surface area (Å²) in [5, 5.41) is 2.02.